The molecule has 17 heavy (non-hydrogen) atoms. The van der Waals surface area contributed by atoms with Gasteiger partial charge in [-0.25, -0.2) is 4.98 Å². The number of hydrogen-bond donors (Lipinski definition) is 1. The zero-order valence-electron chi connectivity index (χ0n) is 10.5. The van der Waals surface area contributed by atoms with Gasteiger partial charge in [-0.3, -0.25) is 0 Å². The molecule has 1 saturated carbocycles. The zero-order chi connectivity index (χ0) is 12.0. The summed E-state index contributed by atoms with van der Waals surface area (Å²) < 4.78 is 2.27. The summed E-state index contributed by atoms with van der Waals surface area (Å²) >= 11 is 0. The van der Waals surface area contributed by atoms with Crippen LogP contribution in [0.1, 0.15) is 37.1 Å². The van der Waals surface area contributed by atoms with Gasteiger partial charge in [0.15, 0.2) is 0 Å². The lowest BCUT2D eigenvalue weighted by molar-refractivity contribution is 0.735. The molecule has 3 nitrogen and oxygen atoms in total. The van der Waals surface area contributed by atoms with Gasteiger partial charge in [0, 0.05) is 19.0 Å². The van der Waals surface area contributed by atoms with E-state index in [1.54, 1.807) is 0 Å². The molecule has 1 unspecified atom stereocenters. The lowest BCUT2D eigenvalue weighted by Crippen LogP contribution is -2.18. The van der Waals surface area contributed by atoms with Crippen LogP contribution in [0.25, 0.3) is 11.0 Å². The Hall–Kier alpha value is -1.35. The zero-order valence-corrected chi connectivity index (χ0v) is 10.5. The summed E-state index contributed by atoms with van der Waals surface area (Å²) in [4.78, 5) is 4.76. The summed E-state index contributed by atoms with van der Waals surface area (Å²) in [5, 5.41) is 0. The Kier molecular flexibility index (Phi) is 2.44. The molecule has 1 aliphatic rings. The Morgan fingerprint density at radius 2 is 2.24 bits per heavy atom. The molecule has 2 N–H and O–H groups in total. The largest absolute Gasteiger partial charge is 0.331 e. The summed E-state index contributed by atoms with van der Waals surface area (Å²) in [6.07, 6.45) is 3.50. The second-order valence-electron chi connectivity index (χ2n) is 5.27. The highest BCUT2D eigenvalue weighted by Crippen LogP contribution is 2.40. The summed E-state index contributed by atoms with van der Waals surface area (Å²) in [7, 11) is 2.13. The van der Waals surface area contributed by atoms with Crippen LogP contribution in [0.4, 0.5) is 0 Å². The third-order valence-electron chi connectivity index (χ3n) is 3.50. The Balaban J connectivity index is 2.15. The molecule has 3 rings (SSSR count). The summed E-state index contributed by atoms with van der Waals surface area (Å²) in [5.74, 6) is 1.94. The number of fused-ring (bicyclic) bond motifs is 1. The average molecular weight is 229 g/mol. The van der Waals surface area contributed by atoms with Crippen molar-refractivity contribution in [2.75, 3.05) is 0 Å². The number of nitrogens with two attached hydrogens (primary N) is 1. The third-order valence-corrected chi connectivity index (χ3v) is 3.50. The topological polar surface area (TPSA) is 43.8 Å². The number of aryl methyl sites for hydroxylation is 1. The average Bonchev–Trinajstić information content (AvgIpc) is 3.04. The second-order valence-corrected chi connectivity index (χ2v) is 5.27. The lowest BCUT2D eigenvalue weighted by Gasteiger charge is -2.08. The van der Waals surface area contributed by atoms with Crippen LogP contribution < -0.4 is 5.73 Å². The number of para-hydroxylation sites is 1. The normalized spacial score (nSPS) is 17.6. The number of benzene rings is 1. The SMILES string of the molecule is CC(N)Cc1cccc2nc(C3CC3)n(C)c12. The van der Waals surface area contributed by atoms with Crippen molar-refractivity contribution >= 4 is 11.0 Å². The van der Waals surface area contributed by atoms with Gasteiger partial charge in [-0.1, -0.05) is 12.1 Å². The van der Waals surface area contributed by atoms with Gasteiger partial charge in [0.1, 0.15) is 5.82 Å². The molecule has 0 bridgehead atoms. The highest BCUT2D eigenvalue weighted by atomic mass is 15.1. The lowest BCUT2D eigenvalue weighted by atomic mass is 10.1. The molecule has 2 aromatic rings. The predicted octanol–water partition coefficient (Wildman–Crippen LogP) is 2.34. The summed E-state index contributed by atoms with van der Waals surface area (Å²) in [5.41, 5.74) is 9.62. The first-order chi connectivity index (χ1) is 8.16. The molecule has 1 atom stereocenters. The van der Waals surface area contributed by atoms with Crippen LogP contribution in [0.15, 0.2) is 18.2 Å². The first kappa shape index (κ1) is 10.8. The molecule has 0 radical (unpaired) electrons. The van der Waals surface area contributed by atoms with Crippen LogP contribution in [-0.2, 0) is 13.5 Å². The molecule has 1 heterocycles. The van der Waals surface area contributed by atoms with E-state index in [1.165, 1.54) is 29.7 Å². The van der Waals surface area contributed by atoms with E-state index in [9.17, 15) is 0 Å². The van der Waals surface area contributed by atoms with E-state index in [2.05, 4.69) is 36.7 Å². The molecule has 1 aromatic heterocycles. The fourth-order valence-electron chi connectivity index (χ4n) is 2.59. The van der Waals surface area contributed by atoms with E-state index in [1.807, 2.05) is 0 Å². The van der Waals surface area contributed by atoms with Crippen molar-refractivity contribution in [1.82, 2.24) is 9.55 Å². The maximum absolute atomic E-state index is 5.91. The Morgan fingerprint density at radius 1 is 1.47 bits per heavy atom. The summed E-state index contributed by atoms with van der Waals surface area (Å²) in [6, 6.07) is 6.56. The molecule has 0 amide bonds. The van der Waals surface area contributed by atoms with Crippen LogP contribution in [-0.4, -0.2) is 15.6 Å². The minimum absolute atomic E-state index is 0.194. The van der Waals surface area contributed by atoms with Gasteiger partial charge in [-0.05, 0) is 37.8 Å². The molecular weight excluding hydrogens is 210 g/mol. The standard InChI is InChI=1S/C14H19N3/c1-9(15)8-11-4-3-5-12-13(11)17(2)14(16-12)10-6-7-10/h3-5,9-10H,6-8,15H2,1-2H3. The van der Waals surface area contributed by atoms with Crippen molar-refractivity contribution in [3.8, 4) is 0 Å². The molecule has 1 aliphatic carbocycles. The highest BCUT2D eigenvalue weighted by Gasteiger charge is 2.29. The molecule has 1 fully saturated rings. The highest BCUT2D eigenvalue weighted by molar-refractivity contribution is 5.80. The molecule has 3 heteroatoms. The molecule has 0 aliphatic heterocycles. The number of rotatable bonds is 3. The number of aromatic nitrogens is 2. The Labute approximate surface area is 102 Å². The number of imidazole rings is 1. The van der Waals surface area contributed by atoms with E-state index in [4.69, 9.17) is 10.7 Å². The van der Waals surface area contributed by atoms with E-state index in [0.29, 0.717) is 5.92 Å². The number of hydrogen-bond acceptors (Lipinski definition) is 2. The van der Waals surface area contributed by atoms with Gasteiger partial charge in [-0.15, -0.1) is 0 Å². The minimum Gasteiger partial charge on any atom is -0.331 e. The van der Waals surface area contributed by atoms with E-state index in [-0.39, 0.29) is 6.04 Å². The molecule has 0 saturated heterocycles. The molecule has 0 spiro atoms. The van der Waals surface area contributed by atoms with Crippen molar-refractivity contribution in [3.63, 3.8) is 0 Å². The van der Waals surface area contributed by atoms with Crippen molar-refractivity contribution < 1.29 is 0 Å². The Morgan fingerprint density at radius 3 is 2.88 bits per heavy atom. The molecular formula is C14H19N3. The van der Waals surface area contributed by atoms with Gasteiger partial charge in [0.25, 0.3) is 0 Å². The first-order valence-corrected chi connectivity index (χ1v) is 6.36. The number of nitrogens with zero attached hydrogens (tertiary/aromatic N) is 2. The fraction of sp³-hybridized carbons (Fsp3) is 0.500. The van der Waals surface area contributed by atoms with Gasteiger partial charge in [0.2, 0.25) is 0 Å². The van der Waals surface area contributed by atoms with Crippen molar-refractivity contribution in [2.24, 2.45) is 12.8 Å². The van der Waals surface area contributed by atoms with E-state index < -0.39 is 0 Å². The monoisotopic (exact) mass is 229 g/mol. The van der Waals surface area contributed by atoms with E-state index in [0.717, 1.165) is 11.9 Å². The van der Waals surface area contributed by atoms with E-state index >= 15 is 0 Å². The Bertz CT molecular complexity index is 550. The van der Waals surface area contributed by atoms with Gasteiger partial charge < -0.3 is 10.3 Å². The first-order valence-electron chi connectivity index (χ1n) is 6.36. The van der Waals surface area contributed by atoms with Crippen LogP contribution in [0.3, 0.4) is 0 Å². The molecule has 90 valence electrons. The van der Waals surface area contributed by atoms with Gasteiger partial charge in [-0.2, -0.15) is 0 Å². The predicted molar refractivity (Wildman–Crippen MR) is 70.0 cm³/mol. The van der Waals surface area contributed by atoms with Crippen LogP contribution in [0, 0.1) is 0 Å². The summed E-state index contributed by atoms with van der Waals surface area (Å²) in [6.45, 7) is 2.05. The van der Waals surface area contributed by atoms with Crippen LogP contribution in [0.2, 0.25) is 0 Å². The smallest absolute Gasteiger partial charge is 0.112 e. The van der Waals surface area contributed by atoms with Crippen LogP contribution >= 0.6 is 0 Å². The minimum atomic E-state index is 0.194. The van der Waals surface area contributed by atoms with Gasteiger partial charge in [0.05, 0.1) is 11.0 Å². The van der Waals surface area contributed by atoms with Crippen molar-refractivity contribution in [2.45, 2.75) is 38.1 Å². The quantitative estimate of drug-likeness (QED) is 0.878. The van der Waals surface area contributed by atoms with Gasteiger partial charge >= 0.3 is 0 Å². The van der Waals surface area contributed by atoms with Crippen LogP contribution in [0.5, 0.6) is 0 Å². The maximum atomic E-state index is 5.91. The van der Waals surface area contributed by atoms with Crippen molar-refractivity contribution in [3.05, 3.63) is 29.6 Å². The fourth-order valence-corrected chi connectivity index (χ4v) is 2.59. The maximum Gasteiger partial charge on any atom is 0.112 e. The van der Waals surface area contributed by atoms with Crippen molar-refractivity contribution in [1.29, 1.82) is 0 Å². The second kappa shape index (κ2) is 3.84. The third kappa shape index (κ3) is 1.84. The molecule has 1 aromatic carbocycles.